The van der Waals surface area contributed by atoms with E-state index in [-0.39, 0.29) is 11.4 Å². The first-order valence-corrected chi connectivity index (χ1v) is 8.22. The highest BCUT2D eigenvalue weighted by atomic mass is 35.5. The number of furan rings is 1. The van der Waals surface area contributed by atoms with Gasteiger partial charge in [-0.05, 0) is 43.3 Å². The van der Waals surface area contributed by atoms with Gasteiger partial charge in [-0.3, -0.25) is 14.9 Å². The van der Waals surface area contributed by atoms with Crippen LogP contribution in [0.4, 0.5) is 11.4 Å². The standard InChI is InChI=1S/C18H12Cl2N2O4/c1-10-2-4-12(9-15(10)22(24)25)21-18(23)17-7-6-16(26-17)13-8-11(19)3-5-14(13)20/h2-9H,1H3,(H,21,23). The van der Waals surface area contributed by atoms with Gasteiger partial charge < -0.3 is 9.73 Å². The molecule has 0 aliphatic carbocycles. The second-order valence-corrected chi connectivity index (χ2v) is 6.34. The van der Waals surface area contributed by atoms with E-state index in [4.69, 9.17) is 27.6 Å². The first-order chi connectivity index (χ1) is 12.3. The molecule has 26 heavy (non-hydrogen) atoms. The summed E-state index contributed by atoms with van der Waals surface area (Å²) in [4.78, 5) is 22.8. The number of rotatable bonds is 4. The molecule has 1 heterocycles. The van der Waals surface area contributed by atoms with Crippen molar-refractivity contribution in [2.45, 2.75) is 6.92 Å². The van der Waals surface area contributed by atoms with Gasteiger partial charge in [-0.2, -0.15) is 0 Å². The summed E-state index contributed by atoms with van der Waals surface area (Å²) in [6, 6.07) is 12.4. The molecule has 8 heteroatoms. The van der Waals surface area contributed by atoms with Crippen molar-refractivity contribution in [3.05, 3.63) is 80.0 Å². The molecule has 0 unspecified atom stereocenters. The summed E-state index contributed by atoms with van der Waals surface area (Å²) in [5, 5.41) is 14.5. The van der Waals surface area contributed by atoms with Crippen LogP contribution in [0.15, 0.2) is 52.9 Å². The van der Waals surface area contributed by atoms with Gasteiger partial charge in [0.25, 0.3) is 11.6 Å². The zero-order valence-electron chi connectivity index (χ0n) is 13.5. The molecule has 1 aromatic heterocycles. The largest absolute Gasteiger partial charge is 0.451 e. The number of aryl methyl sites for hydroxylation is 1. The SMILES string of the molecule is Cc1ccc(NC(=O)c2ccc(-c3cc(Cl)ccc3Cl)o2)cc1[N+](=O)[O-]. The Morgan fingerprint density at radius 2 is 1.88 bits per heavy atom. The van der Waals surface area contributed by atoms with E-state index in [0.717, 1.165) is 0 Å². The number of nitrogens with one attached hydrogen (secondary N) is 1. The summed E-state index contributed by atoms with van der Waals surface area (Å²) >= 11 is 12.1. The van der Waals surface area contributed by atoms with Gasteiger partial charge in [0.2, 0.25) is 0 Å². The molecular weight excluding hydrogens is 379 g/mol. The quantitative estimate of drug-likeness (QED) is 0.455. The van der Waals surface area contributed by atoms with Gasteiger partial charge in [0.05, 0.1) is 9.95 Å². The number of carbonyl (C=O) groups excluding carboxylic acids is 1. The number of carbonyl (C=O) groups is 1. The van der Waals surface area contributed by atoms with E-state index in [1.165, 1.54) is 12.1 Å². The Kier molecular flexibility index (Phi) is 4.97. The summed E-state index contributed by atoms with van der Waals surface area (Å²) in [5.74, 6) is -0.107. The second-order valence-electron chi connectivity index (χ2n) is 5.50. The third-order valence-electron chi connectivity index (χ3n) is 3.69. The average Bonchev–Trinajstić information content (AvgIpc) is 3.08. The van der Waals surface area contributed by atoms with Crippen molar-refractivity contribution in [1.29, 1.82) is 0 Å². The molecule has 0 atom stereocenters. The molecule has 0 spiro atoms. The van der Waals surface area contributed by atoms with Crippen LogP contribution in [0.2, 0.25) is 10.0 Å². The monoisotopic (exact) mass is 390 g/mol. The summed E-state index contributed by atoms with van der Waals surface area (Å²) < 4.78 is 5.55. The smallest absolute Gasteiger partial charge is 0.291 e. The van der Waals surface area contributed by atoms with E-state index in [9.17, 15) is 14.9 Å². The van der Waals surface area contributed by atoms with Crippen molar-refractivity contribution >= 4 is 40.5 Å². The molecule has 3 aromatic rings. The highest BCUT2D eigenvalue weighted by Gasteiger charge is 2.17. The minimum absolute atomic E-state index is 0.0410. The maximum absolute atomic E-state index is 12.3. The van der Waals surface area contributed by atoms with E-state index in [2.05, 4.69) is 5.32 Å². The van der Waals surface area contributed by atoms with Crippen molar-refractivity contribution < 1.29 is 14.1 Å². The Bertz CT molecular complexity index is 1010. The lowest BCUT2D eigenvalue weighted by molar-refractivity contribution is -0.385. The Labute approximate surface area is 158 Å². The van der Waals surface area contributed by atoms with Gasteiger partial charge in [-0.25, -0.2) is 0 Å². The van der Waals surface area contributed by atoms with E-state index in [1.54, 1.807) is 43.3 Å². The molecule has 0 saturated carbocycles. The Morgan fingerprint density at radius 3 is 2.62 bits per heavy atom. The van der Waals surface area contributed by atoms with Gasteiger partial charge in [0.1, 0.15) is 5.76 Å². The molecule has 0 aliphatic heterocycles. The van der Waals surface area contributed by atoms with Gasteiger partial charge in [-0.15, -0.1) is 0 Å². The Balaban J connectivity index is 1.84. The summed E-state index contributed by atoms with van der Waals surface area (Å²) in [6.45, 7) is 1.62. The number of amides is 1. The first kappa shape index (κ1) is 18.0. The molecule has 0 radical (unpaired) electrons. The number of benzene rings is 2. The van der Waals surface area contributed by atoms with Gasteiger partial charge in [0, 0.05) is 27.9 Å². The van der Waals surface area contributed by atoms with Crippen LogP contribution in [-0.2, 0) is 0 Å². The van der Waals surface area contributed by atoms with E-state index in [1.807, 2.05) is 0 Å². The average molecular weight is 391 g/mol. The van der Waals surface area contributed by atoms with Crippen LogP contribution in [0.25, 0.3) is 11.3 Å². The molecule has 132 valence electrons. The van der Waals surface area contributed by atoms with Crippen molar-refractivity contribution in [3.8, 4) is 11.3 Å². The minimum atomic E-state index is -0.535. The molecule has 1 amide bonds. The van der Waals surface area contributed by atoms with Crippen LogP contribution < -0.4 is 5.32 Å². The third kappa shape index (κ3) is 3.71. The van der Waals surface area contributed by atoms with Crippen LogP contribution in [0, 0.1) is 17.0 Å². The van der Waals surface area contributed by atoms with E-state index in [0.29, 0.717) is 32.6 Å². The fourth-order valence-corrected chi connectivity index (χ4v) is 2.75. The number of halogens is 2. The van der Waals surface area contributed by atoms with Crippen LogP contribution in [0.5, 0.6) is 0 Å². The molecule has 0 aliphatic rings. The molecule has 6 nitrogen and oxygen atoms in total. The first-order valence-electron chi connectivity index (χ1n) is 7.47. The fraction of sp³-hybridized carbons (Fsp3) is 0.0556. The van der Waals surface area contributed by atoms with Crippen LogP contribution in [-0.4, -0.2) is 10.8 Å². The molecule has 1 N–H and O–H groups in total. The maximum atomic E-state index is 12.3. The highest BCUT2D eigenvalue weighted by Crippen LogP contribution is 2.32. The van der Waals surface area contributed by atoms with E-state index < -0.39 is 10.8 Å². The van der Waals surface area contributed by atoms with Crippen molar-refractivity contribution in [3.63, 3.8) is 0 Å². The lowest BCUT2D eigenvalue weighted by atomic mass is 10.2. The van der Waals surface area contributed by atoms with E-state index >= 15 is 0 Å². The predicted octanol–water partition coefficient (Wildman–Crippen LogP) is 5.72. The third-order valence-corrected chi connectivity index (χ3v) is 4.25. The number of nitro benzene ring substituents is 1. The minimum Gasteiger partial charge on any atom is -0.451 e. The second kappa shape index (κ2) is 7.19. The zero-order chi connectivity index (χ0) is 18.8. The van der Waals surface area contributed by atoms with Crippen molar-refractivity contribution in [1.82, 2.24) is 0 Å². The number of nitrogens with zero attached hydrogens (tertiary/aromatic N) is 1. The summed E-state index contributed by atoms with van der Waals surface area (Å²) in [5.41, 5.74) is 1.28. The fourth-order valence-electron chi connectivity index (χ4n) is 2.37. The molecular formula is C18H12Cl2N2O4. The number of hydrogen-bond donors (Lipinski definition) is 1. The number of hydrogen-bond acceptors (Lipinski definition) is 4. The molecule has 0 saturated heterocycles. The van der Waals surface area contributed by atoms with Crippen molar-refractivity contribution in [2.75, 3.05) is 5.32 Å². The normalized spacial score (nSPS) is 10.6. The zero-order valence-corrected chi connectivity index (χ0v) is 15.0. The topological polar surface area (TPSA) is 85.4 Å². The summed E-state index contributed by atoms with van der Waals surface area (Å²) in [7, 11) is 0. The molecule has 2 aromatic carbocycles. The van der Waals surface area contributed by atoms with Crippen LogP contribution >= 0.6 is 23.2 Å². The Morgan fingerprint density at radius 1 is 1.12 bits per heavy atom. The van der Waals surface area contributed by atoms with Gasteiger partial charge in [0.15, 0.2) is 5.76 Å². The predicted molar refractivity (Wildman–Crippen MR) is 100.0 cm³/mol. The highest BCUT2D eigenvalue weighted by molar-refractivity contribution is 6.35. The molecule has 3 rings (SSSR count). The van der Waals surface area contributed by atoms with Gasteiger partial charge >= 0.3 is 0 Å². The molecule has 0 bridgehead atoms. The molecule has 0 fully saturated rings. The number of nitro groups is 1. The maximum Gasteiger partial charge on any atom is 0.291 e. The summed E-state index contributed by atoms with van der Waals surface area (Å²) in [6.07, 6.45) is 0. The van der Waals surface area contributed by atoms with Gasteiger partial charge in [-0.1, -0.05) is 29.3 Å². The Hall–Kier alpha value is -2.83. The van der Waals surface area contributed by atoms with Crippen LogP contribution in [0.1, 0.15) is 16.1 Å². The lowest BCUT2D eigenvalue weighted by Crippen LogP contribution is -2.11. The number of anilines is 1. The van der Waals surface area contributed by atoms with Crippen LogP contribution in [0.3, 0.4) is 0 Å². The lowest BCUT2D eigenvalue weighted by Gasteiger charge is -2.05. The van der Waals surface area contributed by atoms with Crippen molar-refractivity contribution in [2.24, 2.45) is 0 Å².